The van der Waals surface area contributed by atoms with Gasteiger partial charge in [-0.05, 0) is 24.6 Å². The lowest BCUT2D eigenvalue weighted by Crippen LogP contribution is -1.84. The average molecular weight is 204 g/mol. The van der Waals surface area contributed by atoms with Gasteiger partial charge in [-0.15, -0.1) is 0 Å². The van der Waals surface area contributed by atoms with Gasteiger partial charge in [-0.3, -0.25) is 0 Å². The van der Waals surface area contributed by atoms with E-state index in [1.165, 1.54) is 0 Å². The molecule has 0 atom stereocenters. The van der Waals surface area contributed by atoms with Crippen molar-refractivity contribution in [3.05, 3.63) is 29.6 Å². The maximum absolute atomic E-state index is 10.3. The van der Waals surface area contributed by atoms with E-state index in [-0.39, 0.29) is 0 Å². The molecule has 0 radical (unpaired) electrons. The van der Waals surface area contributed by atoms with Gasteiger partial charge in [-0.25, -0.2) is 4.98 Å². The molecule has 0 saturated heterocycles. The molecule has 1 aromatic carbocycles. The normalized spacial score (nSPS) is 9.53. The zero-order valence-corrected chi connectivity index (χ0v) is 9.37. The Bertz CT molecular complexity index is 446. The molecule has 3 nitrogen and oxygen atoms in total. The largest absolute Gasteiger partial charge is 0.342 e. The summed E-state index contributed by atoms with van der Waals surface area (Å²) in [6, 6.07) is 5.82. The summed E-state index contributed by atoms with van der Waals surface area (Å²) in [4.78, 5) is 17.7. The molecule has 0 aliphatic carbocycles. The van der Waals surface area contributed by atoms with Crippen molar-refractivity contribution in [3.63, 3.8) is 0 Å². The van der Waals surface area contributed by atoms with E-state index in [1.807, 2.05) is 39.0 Å². The number of imidazole rings is 1. The first kappa shape index (κ1) is 11.4. The lowest BCUT2D eigenvalue weighted by molar-refractivity contribution is -0.107. The van der Waals surface area contributed by atoms with Crippen LogP contribution in [0.15, 0.2) is 18.2 Å². The highest BCUT2D eigenvalue weighted by Crippen LogP contribution is 2.13. The third-order valence-electron chi connectivity index (χ3n) is 1.98. The van der Waals surface area contributed by atoms with E-state index >= 15 is 0 Å². The van der Waals surface area contributed by atoms with E-state index < -0.39 is 0 Å². The molecule has 0 spiro atoms. The van der Waals surface area contributed by atoms with E-state index in [1.54, 1.807) is 0 Å². The molecule has 0 saturated carbocycles. The minimum Gasteiger partial charge on any atom is -0.342 e. The molecule has 0 bridgehead atoms. The quantitative estimate of drug-likeness (QED) is 0.764. The zero-order valence-electron chi connectivity index (χ0n) is 9.37. The summed E-state index contributed by atoms with van der Waals surface area (Å²) in [6.45, 7) is 5.92. The van der Waals surface area contributed by atoms with Gasteiger partial charge in [0.1, 0.15) is 12.1 Å². The molecule has 3 heteroatoms. The average Bonchev–Trinajstić information content (AvgIpc) is 2.61. The van der Waals surface area contributed by atoms with Crippen LogP contribution in [0, 0.1) is 6.92 Å². The first-order chi connectivity index (χ1) is 7.29. The van der Waals surface area contributed by atoms with Gasteiger partial charge < -0.3 is 9.78 Å². The van der Waals surface area contributed by atoms with Gasteiger partial charge in [0.15, 0.2) is 0 Å². The predicted molar refractivity (Wildman–Crippen MR) is 61.9 cm³/mol. The van der Waals surface area contributed by atoms with E-state index in [2.05, 4.69) is 9.97 Å². The monoisotopic (exact) mass is 204 g/mol. The van der Waals surface area contributed by atoms with Gasteiger partial charge in [0.2, 0.25) is 0 Å². The van der Waals surface area contributed by atoms with Gasteiger partial charge in [-0.2, -0.15) is 0 Å². The Kier molecular flexibility index (Phi) is 4.03. The number of rotatable bonds is 2. The highest BCUT2D eigenvalue weighted by atomic mass is 16.1. The lowest BCUT2D eigenvalue weighted by atomic mass is 10.1. The summed E-state index contributed by atoms with van der Waals surface area (Å²) in [5.74, 6) is 0.901. The van der Waals surface area contributed by atoms with Crippen LogP contribution >= 0.6 is 0 Å². The Morgan fingerprint density at radius 3 is 2.80 bits per heavy atom. The SMILES string of the molecule is CC.Cc1nc2ccc(CC=O)cc2[nH]1. The van der Waals surface area contributed by atoms with Crippen LogP contribution < -0.4 is 0 Å². The smallest absolute Gasteiger partial charge is 0.124 e. The fraction of sp³-hybridized carbons (Fsp3) is 0.333. The summed E-state index contributed by atoms with van der Waals surface area (Å²) in [5.41, 5.74) is 2.97. The van der Waals surface area contributed by atoms with Crippen molar-refractivity contribution < 1.29 is 4.79 Å². The summed E-state index contributed by atoms with van der Waals surface area (Å²) in [6.07, 6.45) is 1.37. The number of fused-ring (bicyclic) bond motifs is 1. The number of carbonyl (C=O) groups excluding carboxylic acids is 1. The predicted octanol–water partition coefficient (Wildman–Crippen LogP) is 2.64. The summed E-state index contributed by atoms with van der Waals surface area (Å²) < 4.78 is 0. The number of aromatic amines is 1. The van der Waals surface area contributed by atoms with Crippen LogP contribution in [0.2, 0.25) is 0 Å². The second kappa shape index (κ2) is 5.29. The van der Waals surface area contributed by atoms with Crippen molar-refractivity contribution in [2.75, 3.05) is 0 Å². The van der Waals surface area contributed by atoms with Gasteiger partial charge in [0.05, 0.1) is 11.0 Å². The molecule has 1 heterocycles. The maximum Gasteiger partial charge on any atom is 0.124 e. The van der Waals surface area contributed by atoms with Gasteiger partial charge in [0, 0.05) is 6.42 Å². The number of aryl methyl sites for hydroxylation is 1. The summed E-state index contributed by atoms with van der Waals surface area (Å²) in [5, 5.41) is 0. The lowest BCUT2D eigenvalue weighted by Gasteiger charge is -1.93. The van der Waals surface area contributed by atoms with Crippen molar-refractivity contribution in [2.45, 2.75) is 27.2 Å². The van der Waals surface area contributed by atoms with Crippen LogP contribution in [0.4, 0.5) is 0 Å². The van der Waals surface area contributed by atoms with Gasteiger partial charge in [-0.1, -0.05) is 19.9 Å². The molecule has 2 rings (SSSR count). The molecule has 0 fully saturated rings. The highest BCUT2D eigenvalue weighted by Gasteiger charge is 1.99. The van der Waals surface area contributed by atoms with Crippen molar-refractivity contribution in [3.8, 4) is 0 Å². The van der Waals surface area contributed by atoms with Crippen molar-refractivity contribution in [1.29, 1.82) is 0 Å². The molecule has 80 valence electrons. The number of aldehydes is 1. The number of hydrogen-bond acceptors (Lipinski definition) is 2. The number of carbonyl (C=O) groups is 1. The fourth-order valence-electron chi connectivity index (χ4n) is 1.41. The van der Waals surface area contributed by atoms with Crippen LogP contribution in [0.5, 0.6) is 0 Å². The third-order valence-corrected chi connectivity index (χ3v) is 1.98. The molecule has 0 aliphatic rings. The number of benzene rings is 1. The Balaban J connectivity index is 0.000000531. The van der Waals surface area contributed by atoms with E-state index in [0.717, 1.165) is 28.7 Å². The van der Waals surface area contributed by atoms with E-state index in [0.29, 0.717) is 6.42 Å². The van der Waals surface area contributed by atoms with Crippen LogP contribution in [-0.4, -0.2) is 16.3 Å². The van der Waals surface area contributed by atoms with Crippen LogP contribution in [-0.2, 0) is 11.2 Å². The second-order valence-corrected chi connectivity index (χ2v) is 3.04. The van der Waals surface area contributed by atoms with Crippen molar-refractivity contribution in [2.24, 2.45) is 0 Å². The number of nitrogens with zero attached hydrogens (tertiary/aromatic N) is 1. The Morgan fingerprint density at radius 1 is 1.40 bits per heavy atom. The molecular formula is C12H16N2O. The highest BCUT2D eigenvalue weighted by molar-refractivity contribution is 5.76. The Labute approximate surface area is 89.5 Å². The van der Waals surface area contributed by atoms with E-state index in [9.17, 15) is 4.79 Å². The van der Waals surface area contributed by atoms with Gasteiger partial charge in [0.25, 0.3) is 0 Å². The number of H-pyrrole nitrogens is 1. The van der Waals surface area contributed by atoms with E-state index in [4.69, 9.17) is 0 Å². The first-order valence-corrected chi connectivity index (χ1v) is 5.18. The minimum absolute atomic E-state index is 0.466. The molecule has 0 unspecified atom stereocenters. The second-order valence-electron chi connectivity index (χ2n) is 3.04. The molecular weight excluding hydrogens is 188 g/mol. The standard InChI is InChI=1S/C10H10N2O.C2H6/c1-7-11-9-3-2-8(4-5-13)6-10(9)12-7;1-2/h2-3,5-6H,4H2,1H3,(H,11,12);1-2H3. The number of nitrogens with one attached hydrogen (secondary N) is 1. The molecule has 0 amide bonds. The molecule has 1 N–H and O–H groups in total. The molecule has 0 aliphatic heterocycles. The summed E-state index contributed by atoms with van der Waals surface area (Å²) >= 11 is 0. The van der Waals surface area contributed by atoms with Crippen LogP contribution in [0.25, 0.3) is 11.0 Å². The fourth-order valence-corrected chi connectivity index (χ4v) is 1.41. The summed E-state index contributed by atoms with van der Waals surface area (Å²) in [7, 11) is 0. The first-order valence-electron chi connectivity index (χ1n) is 5.18. The van der Waals surface area contributed by atoms with Gasteiger partial charge >= 0.3 is 0 Å². The third kappa shape index (κ3) is 2.65. The minimum atomic E-state index is 0.466. The number of hydrogen-bond donors (Lipinski definition) is 1. The zero-order chi connectivity index (χ0) is 11.3. The number of aromatic nitrogens is 2. The topological polar surface area (TPSA) is 45.8 Å². The van der Waals surface area contributed by atoms with Crippen molar-refractivity contribution >= 4 is 17.3 Å². The molecule has 15 heavy (non-hydrogen) atoms. The Morgan fingerprint density at radius 2 is 2.13 bits per heavy atom. The van der Waals surface area contributed by atoms with Crippen LogP contribution in [0.3, 0.4) is 0 Å². The maximum atomic E-state index is 10.3. The van der Waals surface area contributed by atoms with Crippen molar-refractivity contribution in [1.82, 2.24) is 9.97 Å². The Hall–Kier alpha value is -1.64. The van der Waals surface area contributed by atoms with Crippen LogP contribution in [0.1, 0.15) is 25.2 Å². The molecule has 2 aromatic rings. The molecule has 1 aromatic heterocycles.